The van der Waals surface area contributed by atoms with Gasteiger partial charge in [0.2, 0.25) is 0 Å². The van der Waals surface area contributed by atoms with E-state index in [0.29, 0.717) is 6.04 Å². The van der Waals surface area contributed by atoms with Crippen molar-refractivity contribution in [3.8, 4) is 0 Å². The lowest BCUT2D eigenvalue weighted by Crippen LogP contribution is -2.51. The quantitative estimate of drug-likeness (QED) is 0.668. The molecule has 0 bridgehead atoms. The van der Waals surface area contributed by atoms with Crippen molar-refractivity contribution in [3.05, 3.63) is 71.8 Å². The van der Waals surface area contributed by atoms with Gasteiger partial charge in [-0.05, 0) is 43.7 Å². The fraction of sp³-hybridized carbons (Fsp3) is 0.478. The molecule has 0 atom stereocenters. The highest BCUT2D eigenvalue weighted by atomic mass is 19.4. The summed E-state index contributed by atoms with van der Waals surface area (Å²) in [6.07, 6.45) is -0.837. The maximum absolute atomic E-state index is 12.6. The van der Waals surface area contributed by atoms with Crippen molar-refractivity contribution in [2.75, 3.05) is 6.54 Å². The van der Waals surface area contributed by atoms with Gasteiger partial charge in [0, 0.05) is 24.7 Å². The van der Waals surface area contributed by atoms with Crippen molar-refractivity contribution in [2.45, 2.75) is 63.5 Å². The van der Waals surface area contributed by atoms with Gasteiger partial charge in [-0.25, -0.2) is 0 Å². The van der Waals surface area contributed by atoms with Gasteiger partial charge >= 0.3 is 6.18 Å². The predicted molar refractivity (Wildman–Crippen MR) is 107 cm³/mol. The van der Waals surface area contributed by atoms with Crippen LogP contribution >= 0.6 is 0 Å². The Labute approximate surface area is 165 Å². The Hall–Kier alpha value is -1.85. The third-order valence-electron chi connectivity index (χ3n) is 5.75. The van der Waals surface area contributed by atoms with Gasteiger partial charge < -0.3 is 5.32 Å². The first-order chi connectivity index (χ1) is 13.3. The normalized spacial score (nSPS) is 23.1. The van der Waals surface area contributed by atoms with Crippen LogP contribution < -0.4 is 5.32 Å². The van der Waals surface area contributed by atoms with E-state index < -0.39 is 18.3 Å². The van der Waals surface area contributed by atoms with E-state index in [1.54, 1.807) is 0 Å². The summed E-state index contributed by atoms with van der Waals surface area (Å²) in [5.74, 6) is 0. The minimum Gasteiger partial charge on any atom is -0.303 e. The molecule has 0 heterocycles. The first-order valence-corrected chi connectivity index (χ1v) is 9.97. The average molecular weight is 390 g/mol. The van der Waals surface area contributed by atoms with E-state index in [9.17, 15) is 13.2 Å². The number of benzene rings is 2. The van der Waals surface area contributed by atoms with Crippen molar-refractivity contribution in [1.29, 1.82) is 0 Å². The number of hydrogen-bond acceptors (Lipinski definition) is 2. The Bertz CT molecular complexity index is 666. The fourth-order valence-corrected chi connectivity index (χ4v) is 4.05. The highest BCUT2D eigenvalue weighted by molar-refractivity contribution is 5.17. The lowest BCUT2D eigenvalue weighted by molar-refractivity contribution is -0.129. The second kappa shape index (κ2) is 9.10. The molecule has 1 aliphatic rings. The van der Waals surface area contributed by atoms with Crippen LogP contribution in [0.5, 0.6) is 0 Å². The lowest BCUT2D eigenvalue weighted by Gasteiger charge is -2.42. The summed E-state index contributed by atoms with van der Waals surface area (Å²) in [5.41, 5.74) is 2.10. The molecule has 0 radical (unpaired) electrons. The average Bonchev–Trinajstić information content (AvgIpc) is 2.68. The zero-order chi connectivity index (χ0) is 20.0. The molecule has 3 rings (SSSR count). The van der Waals surface area contributed by atoms with E-state index in [4.69, 9.17) is 0 Å². The van der Waals surface area contributed by atoms with Crippen LogP contribution in [-0.4, -0.2) is 29.2 Å². The van der Waals surface area contributed by atoms with Gasteiger partial charge in [0.1, 0.15) is 0 Å². The third kappa shape index (κ3) is 6.35. The van der Waals surface area contributed by atoms with E-state index in [2.05, 4.69) is 58.7 Å². The van der Waals surface area contributed by atoms with Gasteiger partial charge in [-0.3, -0.25) is 4.90 Å². The zero-order valence-corrected chi connectivity index (χ0v) is 16.4. The highest BCUT2D eigenvalue weighted by Crippen LogP contribution is 2.33. The Kier molecular flexibility index (Phi) is 6.78. The molecule has 152 valence electrons. The lowest BCUT2D eigenvalue weighted by atomic mass is 9.80. The molecule has 2 aromatic carbocycles. The molecule has 0 aliphatic heterocycles. The van der Waals surface area contributed by atoms with Crippen LogP contribution in [0.2, 0.25) is 0 Å². The van der Waals surface area contributed by atoms with Crippen LogP contribution in [0.15, 0.2) is 60.7 Å². The van der Waals surface area contributed by atoms with E-state index in [1.165, 1.54) is 11.1 Å². The first-order valence-electron chi connectivity index (χ1n) is 9.97. The van der Waals surface area contributed by atoms with Gasteiger partial charge in [0.05, 0.1) is 6.54 Å². The number of rotatable bonds is 7. The van der Waals surface area contributed by atoms with E-state index in [0.717, 1.165) is 38.8 Å². The minimum atomic E-state index is -4.16. The highest BCUT2D eigenvalue weighted by Gasteiger charge is 2.36. The number of alkyl halides is 3. The molecule has 1 fully saturated rings. The van der Waals surface area contributed by atoms with Gasteiger partial charge in [0.25, 0.3) is 0 Å². The summed E-state index contributed by atoms with van der Waals surface area (Å²) in [4.78, 5) is 2.48. The Morgan fingerprint density at radius 2 is 1.36 bits per heavy atom. The van der Waals surface area contributed by atoms with Gasteiger partial charge in [0.15, 0.2) is 0 Å². The van der Waals surface area contributed by atoms with Crippen molar-refractivity contribution in [1.82, 2.24) is 10.2 Å². The summed E-state index contributed by atoms with van der Waals surface area (Å²) >= 11 is 0. The zero-order valence-electron chi connectivity index (χ0n) is 16.4. The van der Waals surface area contributed by atoms with Crippen molar-refractivity contribution < 1.29 is 13.2 Å². The molecule has 0 aromatic heterocycles. The third-order valence-corrected chi connectivity index (χ3v) is 5.75. The fourth-order valence-electron chi connectivity index (χ4n) is 4.05. The predicted octanol–water partition coefficient (Wildman–Crippen LogP) is 5.54. The molecule has 1 saturated carbocycles. The SMILES string of the molecule is CC1(NCC(F)(F)F)CCC(N(Cc2ccccc2)Cc2ccccc2)CC1. The van der Waals surface area contributed by atoms with Gasteiger partial charge in [-0.1, -0.05) is 60.7 Å². The molecule has 0 unspecified atom stereocenters. The maximum Gasteiger partial charge on any atom is 0.401 e. The smallest absolute Gasteiger partial charge is 0.303 e. The molecular formula is C23H29F3N2. The molecule has 0 amide bonds. The van der Waals surface area contributed by atoms with Crippen molar-refractivity contribution in [2.24, 2.45) is 0 Å². The van der Waals surface area contributed by atoms with Crippen LogP contribution in [0.4, 0.5) is 13.2 Å². The van der Waals surface area contributed by atoms with Crippen LogP contribution in [0.25, 0.3) is 0 Å². The molecule has 1 N–H and O–H groups in total. The van der Waals surface area contributed by atoms with E-state index in [1.807, 2.05) is 19.1 Å². The molecule has 2 aromatic rings. The Balaban J connectivity index is 1.65. The Morgan fingerprint density at radius 1 is 0.893 bits per heavy atom. The number of nitrogens with one attached hydrogen (secondary N) is 1. The van der Waals surface area contributed by atoms with Crippen molar-refractivity contribution >= 4 is 0 Å². The second-order valence-electron chi connectivity index (χ2n) is 8.14. The summed E-state index contributed by atoms with van der Waals surface area (Å²) < 4.78 is 37.8. The molecule has 0 spiro atoms. The van der Waals surface area contributed by atoms with Crippen LogP contribution in [-0.2, 0) is 13.1 Å². The minimum absolute atomic E-state index is 0.376. The van der Waals surface area contributed by atoms with Gasteiger partial charge in [-0.2, -0.15) is 13.2 Å². The summed E-state index contributed by atoms with van der Waals surface area (Å²) in [5, 5.41) is 2.75. The van der Waals surface area contributed by atoms with Gasteiger partial charge in [-0.15, -0.1) is 0 Å². The first kappa shape index (κ1) is 20.9. The number of hydrogen-bond donors (Lipinski definition) is 1. The molecule has 0 saturated heterocycles. The molecule has 1 aliphatic carbocycles. The van der Waals surface area contributed by atoms with Crippen LogP contribution in [0.3, 0.4) is 0 Å². The summed E-state index contributed by atoms with van der Waals surface area (Å²) in [7, 11) is 0. The number of halogens is 3. The van der Waals surface area contributed by atoms with E-state index >= 15 is 0 Å². The molecule has 2 nitrogen and oxygen atoms in total. The van der Waals surface area contributed by atoms with E-state index in [-0.39, 0.29) is 0 Å². The standard InChI is InChI=1S/C23H29F3N2/c1-22(27-18-23(24,25)26)14-12-21(13-15-22)28(16-19-8-4-2-5-9-19)17-20-10-6-3-7-11-20/h2-11,21,27H,12-18H2,1H3. The summed E-state index contributed by atoms with van der Waals surface area (Å²) in [6.45, 7) is 2.72. The number of nitrogens with zero attached hydrogens (tertiary/aromatic N) is 1. The Morgan fingerprint density at radius 3 is 1.79 bits per heavy atom. The van der Waals surface area contributed by atoms with Crippen LogP contribution in [0.1, 0.15) is 43.7 Å². The largest absolute Gasteiger partial charge is 0.401 e. The maximum atomic E-state index is 12.6. The molecular weight excluding hydrogens is 361 g/mol. The molecule has 28 heavy (non-hydrogen) atoms. The second-order valence-corrected chi connectivity index (χ2v) is 8.14. The summed E-state index contributed by atoms with van der Waals surface area (Å²) in [6, 6.07) is 21.2. The topological polar surface area (TPSA) is 15.3 Å². The van der Waals surface area contributed by atoms with Crippen LogP contribution in [0, 0.1) is 0 Å². The van der Waals surface area contributed by atoms with Crippen molar-refractivity contribution in [3.63, 3.8) is 0 Å². The monoisotopic (exact) mass is 390 g/mol. The molecule has 5 heteroatoms.